The molecule has 0 aromatic heterocycles. The molecule has 1 nitrogen and oxygen atoms in total. The van der Waals surface area contributed by atoms with E-state index >= 15 is 0 Å². The lowest BCUT2D eigenvalue weighted by atomic mass is 9.92. The Kier molecular flexibility index (Phi) is 14.9. The van der Waals surface area contributed by atoms with Crippen molar-refractivity contribution in [1.29, 1.82) is 0 Å². The molecule has 1 unspecified atom stereocenters. The molecule has 0 aliphatic carbocycles. The smallest absolute Gasteiger partial charge is 0.388 e. The highest BCUT2D eigenvalue weighted by molar-refractivity contribution is 5.27. The van der Waals surface area contributed by atoms with Crippen molar-refractivity contribution < 1.29 is 22.0 Å². The van der Waals surface area contributed by atoms with Crippen LogP contribution in [0.15, 0.2) is 87.1 Å². The van der Waals surface area contributed by atoms with Crippen molar-refractivity contribution >= 4 is 0 Å². The van der Waals surface area contributed by atoms with Crippen molar-refractivity contribution in [1.82, 2.24) is 5.32 Å². The SMILES string of the molecule is C=C.C=C.C=C(NCC(C)c1ccc(C(F)(F)F)cc1)C(C)(C)C.Cc1cccc(C(C)(F)F)c1. The van der Waals surface area contributed by atoms with Crippen LogP contribution >= 0.6 is 0 Å². The van der Waals surface area contributed by atoms with Gasteiger partial charge in [0.25, 0.3) is 5.92 Å². The van der Waals surface area contributed by atoms with Gasteiger partial charge in [-0.25, -0.2) is 8.78 Å². The molecule has 196 valence electrons. The van der Waals surface area contributed by atoms with Crippen molar-refractivity contribution in [3.05, 3.63) is 109 Å². The molecule has 1 N–H and O–H groups in total. The highest BCUT2D eigenvalue weighted by Crippen LogP contribution is 2.30. The summed E-state index contributed by atoms with van der Waals surface area (Å²) in [5.41, 5.74) is 2.12. The van der Waals surface area contributed by atoms with E-state index < -0.39 is 17.7 Å². The van der Waals surface area contributed by atoms with E-state index in [-0.39, 0.29) is 16.9 Å². The second-order valence-corrected chi connectivity index (χ2v) is 8.89. The summed E-state index contributed by atoms with van der Waals surface area (Å²) in [6.07, 6.45) is -4.28. The van der Waals surface area contributed by atoms with Crippen LogP contribution in [0.1, 0.15) is 62.8 Å². The van der Waals surface area contributed by atoms with Gasteiger partial charge >= 0.3 is 6.18 Å². The monoisotopic (exact) mass is 497 g/mol. The normalized spacial score (nSPS) is 11.9. The first-order valence-corrected chi connectivity index (χ1v) is 11.1. The Morgan fingerprint density at radius 3 is 1.66 bits per heavy atom. The molecule has 2 aromatic carbocycles. The Labute approximate surface area is 208 Å². The fourth-order valence-corrected chi connectivity index (χ4v) is 2.58. The van der Waals surface area contributed by atoms with Crippen LogP contribution in [0.5, 0.6) is 0 Å². The summed E-state index contributed by atoms with van der Waals surface area (Å²) in [6.45, 7) is 27.5. The van der Waals surface area contributed by atoms with Gasteiger partial charge in [0.05, 0.1) is 5.56 Å². The van der Waals surface area contributed by atoms with E-state index in [0.29, 0.717) is 6.54 Å². The van der Waals surface area contributed by atoms with Gasteiger partial charge in [0.15, 0.2) is 0 Å². The molecule has 0 spiro atoms. The summed E-state index contributed by atoms with van der Waals surface area (Å²) in [5, 5.41) is 3.25. The summed E-state index contributed by atoms with van der Waals surface area (Å²) in [6, 6.07) is 11.7. The zero-order valence-electron chi connectivity index (χ0n) is 21.8. The topological polar surface area (TPSA) is 12.0 Å². The van der Waals surface area contributed by atoms with Gasteiger partial charge in [0.1, 0.15) is 0 Å². The van der Waals surface area contributed by atoms with Gasteiger partial charge < -0.3 is 5.32 Å². The second kappa shape index (κ2) is 15.2. The zero-order chi connectivity index (χ0) is 28.0. The number of hydrogen-bond acceptors (Lipinski definition) is 1. The Balaban J connectivity index is 0. The highest BCUT2D eigenvalue weighted by atomic mass is 19.4. The van der Waals surface area contributed by atoms with Gasteiger partial charge in [0, 0.05) is 30.1 Å². The Bertz CT molecular complexity index is 870. The molecule has 1 atom stereocenters. The van der Waals surface area contributed by atoms with Gasteiger partial charge in [-0.2, -0.15) is 13.2 Å². The number of rotatable bonds is 5. The van der Waals surface area contributed by atoms with Gasteiger partial charge in [-0.1, -0.05) is 76.2 Å². The minimum absolute atomic E-state index is 0.0279. The zero-order valence-corrected chi connectivity index (χ0v) is 21.8. The summed E-state index contributed by atoms with van der Waals surface area (Å²) in [7, 11) is 0. The quantitative estimate of drug-likeness (QED) is 0.320. The van der Waals surface area contributed by atoms with Gasteiger partial charge in [-0.15, -0.1) is 26.3 Å². The number of alkyl halides is 5. The van der Waals surface area contributed by atoms with Gasteiger partial charge in [-0.3, -0.25) is 0 Å². The summed E-state index contributed by atoms with van der Waals surface area (Å²) >= 11 is 0. The maximum absolute atomic E-state index is 12.6. The molecule has 0 saturated heterocycles. The fraction of sp³-hybridized carbons (Fsp3) is 0.379. The van der Waals surface area contributed by atoms with E-state index in [0.717, 1.165) is 35.9 Å². The van der Waals surface area contributed by atoms with Crippen LogP contribution in [0, 0.1) is 12.3 Å². The third-order valence-electron chi connectivity index (χ3n) is 4.86. The molecular weight excluding hydrogens is 457 g/mol. The second-order valence-electron chi connectivity index (χ2n) is 8.89. The first kappa shape index (κ1) is 34.3. The molecule has 0 saturated carbocycles. The van der Waals surface area contributed by atoms with Gasteiger partial charge in [-0.05, 0) is 30.5 Å². The van der Waals surface area contributed by atoms with E-state index in [1.165, 1.54) is 24.3 Å². The van der Waals surface area contributed by atoms with Crippen molar-refractivity contribution in [2.45, 2.75) is 59.6 Å². The number of halogens is 5. The van der Waals surface area contributed by atoms with Crippen LogP contribution in [0.2, 0.25) is 0 Å². The number of nitrogens with one attached hydrogen (secondary N) is 1. The van der Waals surface area contributed by atoms with E-state index in [2.05, 4.69) is 59.0 Å². The maximum Gasteiger partial charge on any atom is 0.416 e. The minimum Gasteiger partial charge on any atom is -0.388 e. The van der Waals surface area contributed by atoms with E-state index in [1.807, 2.05) is 6.92 Å². The number of allylic oxidation sites excluding steroid dienone is 1. The lowest BCUT2D eigenvalue weighted by molar-refractivity contribution is -0.137. The van der Waals surface area contributed by atoms with Crippen molar-refractivity contribution in [2.75, 3.05) is 6.54 Å². The third-order valence-corrected chi connectivity index (χ3v) is 4.86. The van der Waals surface area contributed by atoms with Crippen molar-refractivity contribution in [2.24, 2.45) is 5.41 Å². The average Bonchev–Trinajstić information content (AvgIpc) is 2.78. The lowest BCUT2D eigenvalue weighted by Crippen LogP contribution is -2.26. The Morgan fingerprint density at radius 1 is 0.829 bits per heavy atom. The van der Waals surface area contributed by atoms with E-state index in [4.69, 9.17) is 0 Å². The van der Waals surface area contributed by atoms with Crippen LogP contribution < -0.4 is 5.32 Å². The van der Waals surface area contributed by atoms with Crippen molar-refractivity contribution in [3.8, 4) is 0 Å². The van der Waals surface area contributed by atoms with E-state index in [9.17, 15) is 22.0 Å². The molecule has 6 heteroatoms. The van der Waals surface area contributed by atoms with Crippen molar-refractivity contribution in [3.63, 3.8) is 0 Å². The molecule has 2 aromatic rings. The lowest BCUT2D eigenvalue weighted by Gasteiger charge is -2.25. The molecule has 0 aliphatic heterocycles. The van der Waals surface area contributed by atoms with Gasteiger partial charge in [0.2, 0.25) is 0 Å². The Hall–Kier alpha value is -2.89. The van der Waals surface area contributed by atoms with Crippen LogP contribution in [0.25, 0.3) is 0 Å². The van der Waals surface area contributed by atoms with Crippen LogP contribution in [-0.2, 0) is 12.1 Å². The molecule has 2 rings (SSSR count). The summed E-state index contributed by atoms with van der Waals surface area (Å²) < 4.78 is 62.7. The number of benzene rings is 2. The maximum atomic E-state index is 12.6. The van der Waals surface area contributed by atoms with E-state index in [1.54, 1.807) is 19.1 Å². The highest BCUT2D eigenvalue weighted by Gasteiger charge is 2.30. The Morgan fingerprint density at radius 2 is 1.31 bits per heavy atom. The molecule has 0 fully saturated rings. The number of aryl methyl sites for hydroxylation is 1. The standard InChI is InChI=1S/C16H22F3N.C9H10F2.2C2H4/c1-11(10-20-12(2)15(3,4)5)13-6-8-14(9-7-13)16(17,18)19;1-7-4-3-5-8(6-7)9(2,10)11;2*1-2/h6-9,11,20H,2,10H2,1,3-5H3;3-6H,1-2H3;2*1-2H2. The number of hydrogen-bond donors (Lipinski definition) is 1. The summed E-state index contributed by atoms with van der Waals surface area (Å²) in [4.78, 5) is 0. The molecule has 0 bridgehead atoms. The predicted octanol–water partition coefficient (Wildman–Crippen LogP) is 9.67. The first-order chi connectivity index (χ1) is 16.0. The molecule has 0 amide bonds. The molecule has 0 radical (unpaired) electrons. The predicted molar refractivity (Wildman–Crippen MR) is 140 cm³/mol. The first-order valence-electron chi connectivity index (χ1n) is 11.1. The molecular formula is C29H40F5N. The van der Waals surface area contributed by atoms with Crippen LogP contribution in [0.3, 0.4) is 0 Å². The molecule has 35 heavy (non-hydrogen) atoms. The molecule has 0 heterocycles. The summed E-state index contributed by atoms with van der Waals surface area (Å²) in [5.74, 6) is -2.59. The third kappa shape index (κ3) is 13.5. The van der Waals surface area contributed by atoms with Crippen LogP contribution in [-0.4, -0.2) is 6.54 Å². The minimum atomic E-state index is -4.28. The molecule has 0 aliphatic rings. The average molecular weight is 498 g/mol. The fourth-order valence-electron chi connectivity index (χ4n) is 2.58. The van der Waals surface area contributed by atoms with Crippen LogP contribution in [0.4, 0.5) is 22.0 Å². The largest absolute Gasteiger partial charge is 0.416 e.